The number of nitrogens with zero attached hydrogens (tertiary/aromatic N) is 2. The van der Waals surface area contributed by atoms with E-state index in [2.05, 4.69) is 31.0 Å². The van der Waals surface area contributed by atoms with E-state index >= 15 is 0 Å². The summed E-state index contributed by atoms with van der Waals surface area (Å²) in [4.78, 5) is 16.5. The number of likely N-dealkylation sites (N-methyl/N-ethyl adjacent to an activating group) is 1. The van der Waals surface area contributed by atoms with Crippen molar-refractivity contribution in [3.63, 3.8) is 0 Å². The smallest absolute Gasteiger partial charge is 0.241 e. The van der Waals surface area contributed by atoms with Gasteiger partial charge in [-0.15, -0.1) is 0 Å². The van der Waals surface area contributed by atoms with Crippen molar-refractivity contribution in [1.82, 2.24) is 15.1 Å². The molecule has 1 rings (SSSR count). The van der Waals surface area contributed by atoms with Crippen LogP contribution in [-0.4, -0.2) is 68.3 Å². The van der Waals surface area contributed by atoms with Gasteiger partial charge in [0.15, 0.2) is 0 Å². The van der Waals surface area contributed by atoms with Crippen LogP contribution in [0.25, 0.3) is 0 Å². The lowest BCUT2D eigenvalue weighted by molar-refractivity contribution is -0.131. The van der Waals surface area contributed by atoms with Crippen LogP contribution in [0.4, 0.5) is 0 Å². The highest BCUT2D eigenvalue weighted by Gasteiger charge is 2.39. The molecule has 0 aliphatic carbocycles. The molecule has 1 heterocycles. The Bertz CT molecular complexity index is 297. The zero-order valence-electron chi connectivity index (χ0n) is 13.7. The molecule has 0 aromatic heterocycles. The first-order valence-corrected chi connectivity index (χ1v) is 7.80. The lowest BCUT2D eigenvalue weighted by atomic mass is 9.99. The fourth-order valence-corrected chi connectivity index (χ4v) is 2.46. The van der Waals surface area contributed by atoms with Crippen molar-refractivity contribution in [2.75, 3.05) is 40.4 Å². The minimum absolute atomic E-state index is 0.0216. The fraction of sp³-hybridized carbons (Fsp3) is 0.933. The maximum absolute atomic E-state index is 12.4. The van der Waals surface area contributed by atoms with Crippen molar-refractivity contribution in [2.45, 2.75) is 45.8 Å². The predicted octanol–water partition coefficient (Wildman–Crippen LogP) is 1.15. The van der Waals surface area contributed by atoms with Crippen LogP contribution in [-0.2, 0) is 9.53 Å². The lowest BCUT2D eigenvalue weighted by Crippen LogP contribution is -2.39. The third-order valence-corrected chi connectivity index (χ3v) is 4.06. The molecule has 1 amide bonds. The molecule has 1 N–H and O–H groups in total. The highest BCUT2D eigenvalue weighted by Crippen LogP contribution is 2.20. The minimum Gasteiger partial charge on any atom is -0.378 e. The third kappa shape index (κ3) is 4.72. The fourth-order valence-electron chi connectivity index (χ4n) is 2.46. The number of ether oxygens (including phenoxy) is 1. The number of hydrogen-bond acceptors (Lipinski definition) is 4. The van der Waals surface area contributed by atoms with Crippen LogP contribution < -0.4 is 5.32 Å². The minimum atomic E-state index is -0.0216. The van der Waals surface area contributed by atoms with Crippen molar-refractivity contribution < 1.29 is 9.53 Å². The molecular formula is C15H31N3O2. The molecule has 1 aliphatic heterocycles. The number of carbonyl (C=O) groups is 1. The molecule has 0 aromatic rings. The van der Waals surface area contributed by atoms with Gasteiger partial charge in [-0.25, -0.2) is 0 Å². The molecule has 0 bridgehead atoms. The van der Waals surface area contributed by atoms with E-state index in [0.717, 1.165) is 19.4 Å². The Balaban J connectivity index is 2.40. The van der Waals surface area contributed by atoms with Crippen molar-refractivity contribution in [1.29, 1.82) is 0 Å². The van der Waals surface area contributed by atoms with Gasteiger partial charge in [0.25, 0.3) is 0 Å². The Morgan fingerprint density at radius 1 is 1.35 bits per heavy atom. The lowest BCUT2D eigenvalue weighted by Gasteiger charge is -2.23. The molecule has 0 radical (unpaired) electrons. The highest BCUT2D eigenvalue weighted by atomic mass is 16.5. The van der Waals surface area contributed by atoms with E-state index in [9.17, 15) is 4.79 Å². The monoisotopic (exact) mass is 285 g/mol. The summed E-state index contributed by atoms with van der Waals surface area (Å²) in [5.41, 5.74) is 0. The van der Waals surface area contributed by atoms with Crippen molar-refractivity contribution in [2.24, 2.45) is 5.92 Å². The molecule has 0 saturated carbocycles. The van der Waals surface area contributed by atoms with Gasteiger partial charge in [-0.1, -0.05) is 27.2 Å². The number of nitrogens with one attached hydrogen (secondary N) is 1. The number of hydrogen-bond donors (Lipinski definition) is 1. The van der Waals surface area contributed by atoms with Gasteiger partial charge in [-0.3, -0.25) is 10.1 Å². The summed E-state index contributed by atoms with van der Waals surface area (Å²) in [6.45, 7) is 9.32. The SMILES string of the molecule is CCC(C)C1NC(CC)N(CCOCCN(C)C)C1=O. The van der Waals surface area contributed by atoms with Gasteiger partial charge in [-0.05, 0) is 26.4 Å². The molecular weight excluding hydrogens is 254 g/mol. The molecule has 118 valence electrons. The Labute approximate surface area is 123 Å². The van der Waals surface area contributed by atoms with E-state index in [0.29, 0.717) is 25.7 Å². The Hall–Kier alpha value is -0.650. The molecule has 0 spiro atoms. The van der Waals surface area contributed by atoms with Gasteiger partial charge in [0.2, 0.25) is 5.91 Å². The normalized spacial score (nSPS) is 24.7. The maximum Gasteiger partial charge on any atom is 0.241 e. The number of carbonyl (C=O) groups excluding carboxylic acids is 1. The Kier molecular flexibility index (Phi) is 7.48. The molecule has 20 heavy (non-hydrogen) atoms. The predicted molar refractivity (Wildman–Crippen MR) is 81.5 cm³/mol. The van der Waals surface area contributed by atoms with Crippen LogP contribution in [0.3, 0.4) is 0 Å². The summed E-state index contributed by atoms with van der Waals surface area (Å²) < 4.78 is 5.61. The summed E-state index contributed by atoms with van der Waals surface area (Å²) in [6, 6.07) is -0.0216. The van der Waals surface area contributed by atoms with Gasteiger partial charge in [-0.2, -0.15) is 0 Å². The second-order valence-electron chi connectivity index (χ2n) is 5.90. The highest BCUT2D eigenvalue weighted by molar-refractivity contribution is 5.84. The zero-order chi connectivity index (χ0) is 15.1. The van der Waals surface area contributed by atoms with Gasteiger partial charge < -0.3 is 14.5 Å². The van der Waals surface area contributed by atoms with E-state index in [1.54, 1.807) is 0 Å². The van der Waals surface area contributed by atoms with Crippen LogP contribution in [0, 0.1) is 5.92 Å². The molecule has 5 nitrogen and oxygen atoms in total. The Morgan fingerprint density at radius 2 is 2.05 bits per heavy atom. The third-order valence-electron chi connectivity index (χ3n) is 4.06. The van der Waals surface area contributed by atoms with Crippen LogP contribution in [0.5, 0.6) is 0 Å². The number of rotatable bonds is 9. The van der Waals surface area contributed by atoms with E-state index in [-0.39, 0.29) is 18.1 Å². The van der Waals surface area contributed by atoms with Gasteiger partial charge in [0.05, 0.1) is 25.4 Å². The van der Waals surface area contributed by atoms with Crippen molar-refractivity contribution in [3.8, 4) is 0 Å². The Morgan fingerprint density at radius 3 is 2.60 bits per heavy atom. The first-order valence-electron chi connectivity index (χ1n) is 7.80. The van der Waals surface area contributed by atoms with Crippen molar-refractivity contribution in [3.05, 3.63) is 0 Å². The van der Waals surface area contributed by atoms with E-state index in [1.807, 2.05) is 19.0 Å². The van der Waals surface area contributed by atoms with Gasteiger partial charge >= 0.3 is 0 Å². The first kappa shape index (κ1) is 17.4. The molecule has 1 aliphatic rings. The molecule has 1 saturated heterocycles. The molecule has 5 heteroatoms. The second kappa shape index (κ2) is 8.60. The average Bonchev–Trinajstić information content (AvgIpc) is 2.74. The van der Waals surface area contributed by atoms with E-state index in [4.69, 9.17) is 4.74 Å². The maximum atomic E-state index is 12.4. The quantitative estimate of drug-likeness (QED) is 0.646. The average molecular weight is 285 g/mol. The summed E-state index contributed by atoms with van der Waals surface area (Å²) >= 11 is 0. The molecule has 0 aromatic carbocycles. The molecule has 3 atom stereocenters. The number of amides is 1. The molecule has 3 unspecified atom stereocenters. The summed E-state index contributed by atoms with van der Waals surface area (Å²) in [5.74, 6) is 0.624. The van der Waals surface area contributed by atoms with E-state index < -0.39 is 0 Å². The second-order valence-corrected chi connectivity index (χ2v) is 5.90. The summed E-state index contributed by atoms with van der Waals surface area (Å²) in [6.07, 6.45) is 2.13. The van der Waals surface area contributed by atoms with Gasteiger partial charge in [0, 0.05) is 13.1 Å². The summed E-state index contributed by atoms with van der Waals surface area (Å²) in [5, 5.41) is 3.46. The largest absolute Gasteiger partial charge is 0.378 e. The van der Waals surface area contributed by atoms with Crippen LogP contribution in [0.1, 0.15) is 33.6 Å². The first-order chi connectivity index (χ1) is 9.51. The van der Waals surface area contributed by atoms with Crippen LogP contribution in [0.15, 0.2) is 0 Å². The zero-order valence-corrected chi connectivity index (χ0v) is 13.7. The standard InChI is InChI=1S/C15H31N3O2/c1-6-12(3)14-15(19)18(13(7-2)16-14)9-11-20-10-8-17(4)5/h12-14,16H,6-11H2,1-5H3. The van der Waals surface area contributed by atoms with Crippen molar-refractivity contribution >= 4 is 5.91 Å². The van der Waals surface area contributed by atoms with E-state index in [1.165, 1.54) is 0 Å². The topological polar surface area (TPSA) is 44.8 Å². The molecule has 1 fully saturated rings. The van der Waals surface area contributed by atoms with Crippen LogP contribution >= 0.6 is 0 Å². The van der Waals surface area contributed by atoms with Gasteiger partial charge in [0.1, 0.15) is 0 Å². The summed E-state index contributed by atoms with van der Waals surface area (Å²) in [7, 11) is 4.06. The van der Waals surface area contributed by atoms with Crippen LogP contribution in [0.2, 0.25) is 0 Å².